The first-order valence-corrected chi connectivity index (χ1v) is 8.35. The Bertz CT molecular complexity index is 375. The van der Waals surface area contributed by atoms with E-state index >= 15 is 0 Å². The summed E-state index contributed by atoms with van der Waals surface area (Å²) in [4.78, 5) is 18.6. The van der Waals surface area contributed by atoms with Crippen LogP contribution in [0.15, 0.2) is 4.99 Å². The normalized spacial score (nSPS) is 17.8. The van der Waals surface area contributed by atoms with E-state index < -0.39 is 5.60 Å². The molecule has 23 heavy (non-hydrogen) atoms. The number of hydrogen-bond acceptors (Lipinski definition) is 3. The van der Waals surface area contributed by atoms with Gasteiger partial charge in [-0.2, -0.15) is 0 Å². The number of amides is 1. The number of likely N-dealkylation sites (tertiary alicyclic amines) is 1. The minimum Gasteiger partial charge on any atom is -0.444 e. The lowest BCUT2D eigenvalue weighted by atomic mass is 9.98. The van der Waals surface area contributed by atoms with Gasteiger partial charge in [-0.25, -0.2) is 4.79 Å². The van der Waals surface area contributed by atoms with E-state index in [4.69, 9.17) is 4.74 Å². The maximum atomic E-state index is 12.1. The Morgan fingerprint density at radius 1 is 1.26 bits per heavy atom. The van der Waals surface area contributed by atoms with E-state index in [1.165, 1.54) is 0 Å². The summed E-state index contributed by atoms with van der Waals surface area (Å²) in [6.07, 6.45) is 1.91. The second-order valence-electron chi connectivity index (χ2n) is 6.68. The molecule has 6 nitrogen and oxygen atoms in total. The second-order valence-corrected chi connectivity index (χ2v) is 6.68. The molecule has 1 fully saturated rings. The Morgan fingerprint density at radius 3 is 2.39 bits per heavy atom. The van der Waals surface area contributed by atoms with Crippen molar-refractivity contribution in [3.8, 4) is 0 Å². The van der Waals surface area contributed by atoms with E-state index in [2.05, 4.69) is 29.5 Å². The van der Waals surface area contributed by atoms with Gasteiger partial charge in [0.1, 0.15) is 5.60 Å². The standard InChI is InChI=1S/C16H32N4O2.HI/c1-6-17-14(18-7-2)19-11-13-9-8-10-20(12-13)15(21)22-16(3,4)5;/h13H,6-12H2,1-5H3,(H2,17,18,19);1H. The summed E-state index contributed by atoms with van der Waals surface area (Å²) >= 11 is 0. The van der Waals surface area contributed by atoms with Crippen molar-refractivity contribution in [2.75, 3.05) is 32.7 Å². The number of guanidine groups is 1. The lowest BCUT2D eigenvalue weighted by molar-refractivity contribution is 0.0170. The number of piperidine rings is 1. The van der Waals surface area contributed by atoms with Crippen LogP contribution < -0.4 is 10.6 Å². The number of hydrogen-bond donors (Lipinski definition) is 2. The Labute approximate surface area is 157 Å². The molecule has 0 saturated carbocycles. The average Bonchev–Trinajstić information content (AvgIpc) is 2.44. The van der Waals surface area contributed by atoms with Gasteiger partial charge >= 0.3 is 6.09 Å². The number of halogens is 1. The number of nitrogens with one attached hydrogen (secondary N) is 2. The van der Waals surface area contributed by atoms with Crippen molar-refractivity contribution in [3.63, 3.8) is 0 Å². The highest BCUT2D eigenvalue weighted by molar-refractivity contribution is 14.0. The fourth-order valence-corrected chi connectivity index (χ4v) is 2.44. The molecule has 0 aromatic rings. The van der Waals surface area contributed by atoms with Crippen molar-refractivity contribution < 1.29 is 9.53 Å². The highest BCUT2D eigenvalue weighted by atomic mass is 127. The molecule has 7 heteroatoms. The summed E-state index contributed by atoms with van der Waals surface area (Å²) in [5, 5.41) is 6.44. The number of carbonyl (C=O) groups excluding carboxylic acids is 1. The summed E-state index contributed by atoms with van der Waals surface area (Å²) in [7, 11) is 0. The maximum absolute atomic E-state index is 12.1. The van der Waals surface area contributed by atoms with Gasteiger partial charge in [0.25, 0.3) is 0 Å². The molecule has 136 valence electrons. The van der Waals surface area contributed by atoms with Crippen molar-refractivity contribution >= 4 is 36.0 Å². The number of aliphatic imine (C=N–C) groups is 1. The summed E-state index contributed by atoms with van der Waals surface area (Å²) in [5.74, 6) is 1.24. The molecule has 0 aliphatic carbocycles. The molecule has 1 amide bonds. The van der Waals surface area contributed by atoms with Crippen LogP contribution in [0, 0.1) is 5.92 Å². The zero-order valence-electron chi connectivity index (χ0n) is 15.1. The van der Waals surface area contributed by atoms with Crippen molar-refractivity contribution in [3.05, 3.63) is 0 Å². The first kappa shape index (κ1) is 22.3. The Morgan fingerprint density at radius 2 is 1.87 bits per heavy atom. The van der Waals surface area contributed by atoms with Crippen LogP contribution in [-0.4, -0.2) is 55.3 Å². The van der Waals surface area contributed by atoms with Crippen LogP contribution >= 0.6 is 24.0 Å². The number of ether oxygens (including phenoxy) is 1. The lowest BCUT2D eigenvalue weighted by Crippen LogP contribution is -2.44. The molecule has 1 atom stereocenters. The number of carbonyl (C=O) groups is 1. The zero-order valence-corrected chi connectivity index (χ0v) is 17.5. The minimum atomic E-state index is -0.439. The minimum absolute atomic E-state index is 0. The van der Waals surface area contributed by atoms with Gasteiger partial charge in [0.15, 0.2) is 5.96 Å². The quantitative estimate of drug-likeness (QED) is 0.401. The van der Waals surface area contributed by atoms with Gasteiger partial charge in [-0.1, -0.05) is 0 Å². The monoisotopic (exact) mass is 440 g/mol. The van der Waals surface area contributed by atoms with Crippen molar-refractivity contribution in [1.29, 1.82) is 0 Å². The van der Waals surface area contributed by atoms with Crippen molar-refractivity contribution in [2.24, 2.45) is 10.9 Å². The molecule has 1 aliphatic rings. The number of rotatable bonds is 4. The van der Waals surface area contributed by atoms with E-state index in [1.807, 2.05) is 25.7 Å². The second kappa shape index (κ2) is 10.9. The highest BCUT2D eigenvalue weighted by Gasteiger charge is 2.27. The van der Waals surface area contributed by atoms with Crippen LogP contribution in [0.2, 0.25) is 0 Å². The zero-order chi connectivity index (χ0) is 16.6. The summed E-state index contributed by atoms with van der Waals surface area (Å²) in [6, 6.07) is 0. The lowest BCUT2D eigenvalue weighted by Gasteiger charge is -2.33. The van der Waals surface area contributed by atoms with Gasteiger partial charge in [-0.3, -0.25) is 4.99 Å². The van der Waals surface area contributed by atoms with Gasteiger partial charge in [-0.15, -0.1) is 24.0 Å². The van der Waals surface area contributed by atoms with E-state index in [0.29, 0.717) is 5.92 Å². The molecule has 0 bridgehead atoms. The third-order valence-corrected chi connectivity index (χ3v) is 3.37. The molecule has 1 saturated heterocycles. The predicted molar refractivity (Wildman–Crippen MR) is 106 cm³/mol. The van der Waals surface area contributed by atoms with Crippen LogP contribution in [0.5, 0.6) is 0 Å². The molecular formula is C16H33IN4O2. The Hall–Kier alpha value is -0.730. The van der Waals surface area contributed by atoms with Crippen LogP contribution in [0.3, 0.4) is 0 Å². The first-order valence-electron chi connectivity index (χ1n) is 8.35. The van der Waals surface area contributed by atoms with Gasteiger partial charge in [0.05, 0.1) is 0 Å². The topological polar surface area (TPSA) is 66.0 Å². The molecule has 1 rings (SSSR count). The molecule has 0 aromatic carbocycles. The largest absolute Gasteiger partial charge is 0.444 e. The maximum Gasteiger partial charge on any atom is 0.410 e. The van der Waals surface area contributed by atoms with E-state index in [-0.39, 0.29) is 30.1 Å². The molecule has 1 heterocycles. The third-order valence-electron chi connectivity index (χ3n) is 3.37. The smallest absolute Gasteiger partial charge is 0.410 e. The average molecular weight is 440 g/mol. The molecule has 1 aliphatic heterocycles. The molecule has 0 spiro atoms. The van der Waals surface area contributed by atoms with E-state index in [1.54, 1.807) is 0 Å². The summed E-state index contributed by atoms with van der Waals surface area (Å²) < 4.78 is 5.45. The Balaban J connectivity index is 0.00000484. The molecule has 0 radical (unpaired) electrons. The summed E-state index contributed by atoms with van der Waals surface area (Å²) in [6.45, 7) is 13.7. The molecular weight excluding hydrogens is 407 g/mol. The van der Waals surface area contributed by atoms with Crippen LogP contribution in [0.1, 0.15) is 47.5 Å². The van der Waals surface area contributed by atoms with E-state index in [9.17, 15) is 4.79 Å². The Kier molecular flexibility index (Phi) is 10.6. The fourth-order valence-electron chi connectivity index (χ4n) is 2.44. The highest BCUT2D eigenvalue weighted by Crippen LogP contribution is 2.19. The third kappa shape index (κ3) is 9.22. The van der Waals surface area contributed by atoms with Crippen LogP contribution in [-0.2, 0) is 4.74 Å². The molecule has 1 unspecified atom stereocenters. The predicted octanol–water partition coefficient (Wildman–Crippen LogP) is 2.83. The van der Waals surface area contributed by atoms with Crippen LogP contribution in [0.4, 0.5) is 4.79 Å². The van der Waals surface area contributed by atoms with Crippen LogP contribution in [0.25, 0.3) is 0 Å². The first-order chi connectivity index (χ1) is 10.4. The molecule has 2 N–H and O–H groups in total. The van der Waals surface area contributed by atoms with Crippen molar-refractivity contribution in [1.82, 2.24) is 15.5 Å². The SMILES string of the molecule is CCNC(=NCC1CCCN(C(=O)OC(C)(C)C)C1)NCC.I. The van der Waals surface area contributed by atoms with Gasteiger partial charge < -0.3 is 20.3 Å². The van der Waals surface area contributed by atoms with E-state index in [0.717, 1.165) is 51.5 Å². The summed E-state index contributed by atoms with van der Waals surface area (Å²) in [5.41, 5.74) is -0.439. The number of nitrogens with zero attached hydrogens (tertiary/aromatic N) is 2. The fraction of sp³-hybridized carbons (Fsp3) is 0.875. The molecule has 0 aromatic heterocycles. The van der Waals surface area contributed by atoms with Crippen molar-refractivity contribution in [2.45, 2.75) is 53.1 Å². The van der Waals surface area contributed by atoms with Gasteiger partial charge in [-0.05, 0) is 53.4 Å². The van der Waals surface area contributed by atoms with Gasteiger partial charge in [0.2, 0.25) is 0 Å². The van der Waals surface area contributed by atoms with Gasteiger partial charge in [0, 0.05) is 32.7 Å².